The van der Waals surface area contributed by atoms with Crippen LogP contribution in [-0.4, -0.2) is 17.1 Å². The maximum atomic E-state index is 13.5. The summed E-state index contributed by atoms with van der Waals surface area (Å²) in [6.45, 7) is 2.89. The van der Waals surface area contributed by atoms with E-state index in [1.165, 1.54) is 10.8 Å². The number of furan rings is 1. The molecule has 0 spiro atoms. The van der Waals surface area contributed by atoms with Gasteiger partial charge in [-0.15, -0.1) is 11.3 Å². The Morgan fingerprint density at radius 2 is 1.92 bits per heavy atom. The van der Waals surface area contributed by atoms with Crippen LogP contribution in [0.25, 0.3) is 17.3 Å². The fraction of sp³-hybridized carbons (Fsp3) is 0.179. The summed E-state index contributed by atoms with van der Waals surface area (Å²) in [7, 11) is 0. The third-order valence-corrected chi connectivity index (χ3v) is 6.43. The summed E-state index contributed by atoms with van der Waals surface area (Å²) in [6, 6.07) is 21.9. The first-order valence-corrected chi connectivity index (χ1v) is 12.4. The molecule has 0 atom stereocenters. The largest absolute Gasteiger partial charge is 0.494 e. The van der Waals surface area contributed by atoms with Gasteiger partial charge in [-0.05, 0) is 54.5 Å². The van der Waals surface area contributed by atoms with Crippen LogP contribution in [0.5, 0.6) is 5.75 Å². The topological polar surface area (TPSA) is 97.3 Å². The minimum absolute atomic E-state index is 0.129. The van der Waals surface area contributed by atoms with E-state index in [1.54, 1.807) is 42.5 Å². The average Bonchev–Trinajstić information content (AvgIpc) is 3.53. The molecule has 7 nitrogen and oxygen atoms in total. The van der Waals surface area contributed by atoms with E-state index in [0.717, 1.165) is 35.5 Å². The number of thiazole rings is 1. The summed E-state index contributed by atoms with van der Waals surface area (Å²) in [5.41, 5.74) is 0.922. The zero-order chi connectivity index (χ0) is 25.3. The van der Waals surface area contributed by atoms with E-state index in [-0.39, 0.29) is 22.3 Å². The van der Waals surface area contributed by atoms with Gasteiger partial charge in [0.25, 0.3) is 11.5 Å². The first-order valence-electron chi connectivity index (χ1n) is 11.6. The Balaban J connectivity index is 1.77. The third kappa shape index (κ3) is 5.82. The number of rotatable bonds is 9. The van der Waals surface area contributed by atoms with Crippen molar-refractivity contribution in [2.75, 3.05) is 6.61 Å². The zero-order valence-electron chi connectivity index (χ0n) is 19.8. The van der Waals surface area contributed by atoms with Crippen LogP contribution >= 0.6 is 11.3 Å². The molecule has 0 aliphatic rings. The first kappa shape index (κ1) is 24.8. The number of amides is 1. The molecule has 0 bridgehead atoms. The molecule has 4 rings (SSSR count). The van der Waals surface area contributed by atoms with Crippen LogP contribution in [0.4, 0.5) is 0 Å². The van der Waals surface area contributed by atoms with Gasteiger partial charge in [0.15, 0.2) is 5.57 Å². The molecular formula is C28H25N3O4S. The molecule has 2 aromatic heterocycles. The number of hydrogen-bond donors (Lipinski definition) is 1. The number of nitrogens with one attached hydrogen (secondary N) is 1. The molecular weight excluding hydrogens is 474 g/mol. The Hall–Kier alpha value is -4.35. The van der Waals surface area contributed by atoms with Crippen molar-refractivity contribution in [2.24, 2.45) is 0 Å². The number of carbonyl (C=O) groups is 1. The van der Waals surface area contributed by atoms with Crippen LogP contribution in [0, 0.1) is 11.3 Å². The van der Waals surface area contributed by atoms with Gasteiger partial charge in [0, 0.05) is 0 Å². The second-order valence-corrected chi connectivity index (χ2v) is 8.94. The lowest BCUT2D eigenvalue weighted by atomic mass is 10.2. The molecule has 2 heterocycles. The van der Waals surface area contributed by atoms with Crippen molar-refractivity contribution in [3.8, 4) is 17.5 Å². The quantitative estimate of drug-likeness (QED) is 0.356. The monoisotopic (exact) mass is 499 g/mol. The molecule has 0 aliphatic carbocycles. The molecule has 182 valence electrons. The number of ether oxygens (including phenoxy) is 1. The summed E-state index contributed by atoms with van der Waals surface area (Å²) in [5.74, 6) is 0.742. The van der Waals surface area contributed by atoms with E-state index >= 15 is 0 Å². The highest BCUT2D eigenvalue weighted by atomic mass is 32.1. The normalized spacial score (nSPS) is 12.2. The van der Waals surface area contributed by atoms with Gasteiger partial charge >= 0.3 is 0 Å². The Morgan fingerprint density at radius 3 is 2.58 bits per heavy atom. The maximum absolute atomic E-state index is 13.5. The fourth-order valence-corrected chi connectivity index (χ4v) is 4.57. The van der Waals surface area contributed by atoms with Crippen molar-refractivity contribution < 1.29 is 13.9 Å². The molecule has 0 unspecified atom stereocenters. The second-order valence-electron chi connectivity index (χ2n) is 7.91. The van der Waals surface area contributed by atoms with Crippen molar-refractivity contribution in [3.63, 3.8) is 0 Å². The minimum Gasteiger partial charge on any atom is -0.494 e. The SMILES string of the molecule is CCCCOc1ccc(/C=c2/s/c(=C(/C#N)C(=O)NCc3ccco3)n(-c3ccccc3)c2=O)cc1. The molecule has 4 aromatic rings. The van der Waals surface area contributed by atoms with Crippen molar-refractivity contribution in [3.05, 3.63) is 104 Å². The van der Waals surface area contributed by atoms with E-state index < -0.39 is 5.91 Å². The van der Waals surface area contributed by atoms with E-state index in [1.807, 2.05) is 36.4 Å². The number of hydrogen-bond acceptors (Lipinski definition) is 6. The summed E-state index contributed by atoms with van der Waals surface area (Å²) in [4.78, 5) is 26.4. The van der Waals surface area contributed by atoms with Gasteiger partial charge in [-0.3, -0.25) is 14.2 Å². The Labute approximate surface area is 212 Å². The highest BCUT2D eigenvalue weighted by Gasteiger charge is 2.17. The number of unbranched alkanes of at least 4 members (excludes halogenated alkanes) is 1. The van der Waals surface area contributed by atoms with Crippen LogP contribution in [-0.2, 0) is 11.3 Å². The smallest absolute Gasteiger partial charge is 0.273 e. The molecule has 36 heavy (non-hydrogen) atoms. The Bertz CT molecular complexity index is 1530. The van der Waals surface area contributed by atoms with Crippen LogP contribution in [0.2, 0.25) is 0 Å². The van der Waals surface area contributed by atoms with Gasteiger partial charge in [0.1, 0.15) is 22.2 Å². The molecule has 1 N–H and O–H groups in total. The lowest BCUT2D eigenvalue weighted by Gasteiger charge is -2.04. The Kier molecular flexibility index (Phi) is 8.16. The van der Waals surface area contributed by atoms with Crippen molar-refractivity contribution in [1.29, 1.82) is 5.26 Å². The summed E-state index contributed by atoms with van der Waals surface area (Å²) in [6.07, 6.45) is 5.30. The number of aromatic nitrogens is 1. The number of nitriles is 1. The fourth-order valence-electron chi connectivity index (χ4n) is 3.47. The summed E-state index contributed by atoms with van der Waals surface area (Å²) < 4.78 is 13.0. The number of benzene rings is 2. The number of carbonyl (C=O) groups excluding carboxylic acids is 1. The number of para-hydroxylation sites is 1. The molecule has 8 heteroatoms. The van der Waals surface area contributed by atoms with Gasteiger partial charge < -0.3 is 14.5 Å². The van der Waals surface area contributed by atoms with Crippen LogP contribution in [0.1, 0.15) is 31.1 Å². The molecule has 1 amide bonds. The zero-order valence-corrected chi connectivity index (χ0v) is 20.6. The van der Waals surface area contributed by atoms with Crippen molar-refractivity contribution >= 4 is 28.9 Å². The lowest BCUT2D eigenvalue weighted by Crippen LogP contribution is -2.33. The summed E-state index contributed by atoms with van der Waals surface area (Å²) in [5, 5.41) is 12.6. The molecule has 0 saturated heterocycles. The Morgan fingerprint density at radius 1 is 1.14 bits per heavy atom. The molecule has 0 aliphatic heterocycles. The van der Waals surface area contributed by atoms with Crippen LogP contribution < -0.4 is 24.8 Å². The van der Waals surface area contributed by atoms with Gasteiger partial charge in [-0.2, -0.15) is 5.26 Å². The van der Waals surface area contributed by atoms with Gasteiger partial charge in [0.2, 0.25) is 0 Å². The maximum Gasteiger partial charge on any atom is 0.273 e. The second kappa shape index (κ2) is 11.9. The standard InChI is InChI=1S/C28H25N3O4S/c1-2-3-15-34-22-13-11-20(12-14-22)17-25-27(33)31(21-8-5-4-6-9-21)28(36-25)24(18-29)26(32)30-19-23-10-7-16-35-23/h4-14,16-17H,2-3,15,19H2,1H3,(H,30,32)/b25-17+,28-24-. The lowest BCUT2D eigenvalue weighted by molar-refractivity contribution is -0.115. The van der Waals surface area contributed by atoms with E-state index in [4.69, 9.17) is 9.15 Å². The minimum atomic E-state index is -0.583. The first-order chi connectivity index (χ1) is 17.6. The highest BCUT2D eigenvalue weighted by Crippen LogP contribution is 2.13. The highest BCUT2D eigenvalue weighted by molar-refractivity contribution is 7.07. The molecule has 0 radical (unpaired) electrons. The average molecular weight is 500 g/mol. The van der Waals surface area contributed by atoms with Crippen LogP contribution in [0.15, 0.2) is 82.2 Å². The van der Waals surface area contributed by atoms with Gasteiger partial charge in [0.05, 0.1) is 29.6 Å². The van der Waals surface area contributed by atoms with Crippen molar-refractivity contribution in [1.82, 2.24) is 9.88 Å². The molecule has 0 fully saturated rings. The van der Waals surface area contributed by atoms with E-state index in [0.29, 0.717) is 22.6 Å². The summed E-state index contributed by atoms with van der Waals surface area (Å²) >= 11 is 1.10. The molecule has 2 aromatic carbocycles. The van der Waals surface area contributed by atoms with E-state index in [9.17, 15) is 14.9 Å². The van der Waals surface area contributed by atoms with Gasteiger partial charge in [-0.1, -0.05) is 43.7 Å². The van der Waals surface area contributed by atoms with E-state index in [2.05, 4.69) is 12.2 Å². The van der Waals surface area contributed by atoms with Crippen molar-refractivity contribution in [2.45, 2.75) is 26.3 Å². The third-order valence-electron chi connectivity index (χ3n) is 5.34. The van der Waals surface area contributed by atoms with Crippen LogP contribution in [0.3, 0.4) is 0 Å². The molecule has 0 saturated carbocycles. The predicted octanol–water partition coefficient (Wildman–Crippen LogP) is 3.49. The van der Waals surface area contributed by atoms with Gasteiger partial charge in [-0.25, -0.2) is 0 Å². The number of nitrogens with zero attached hydrogens (tertiary/aromatic N) is 2. The predicted molar refractivity (Wildman–Crippen MR) is 139 cm³/mol.